The molecule has 0 spiro atoms. The van der Waals surface area contributed by atoms with Gasteiger partial charge in [-0.15, -0.1) is 0 Å². The molecule has 0 radical (unpaired) electrons. The number of hydrogen-bond donors (Lipinski definition) is 2. The van der Waals surface area contributed by atoms with E-state index in [9.17, 15) is 14.0 Å². The van der Waals surface area contributed by atoms with Crippen molar-refractivity contribution in [3.05, 3.63) is 94.3 Å². The lowest BCUT2D eigenvalue weighted by Crippen LogP contribution is -2.13. The Balaban J connectivity index is 1.39. The van der Waals surface area contributed by atoms with Crippen LogP contribution in [0.3, 0.4) is 0 Å². The molecule has 0 unspecified atom stereocenters. The summed E-state index contributed by atoms with van der Waals surface area (Å²) in [4.78, 5) is 23.4. The number of carbonyl (C=O) groups is 2. The van der Waals surface area contributed by atoms with Gasteiger partial charge in [-0.25, -0.2) is 9.18 Å². The third-order valence-corrected chi connectivity index (χ3v) is 5.68. The average molecular weight is 484 g/mol. The molecule has 3 rings (SSSR count). The number of hydrogen-bond acceptors (Lipinski definition) is 3. The van der Waals surface area contributed by atoms with Crippen LogP contribution in [0.25, 0.3) is 0 Å². The second-order valence-corrected chi connectivity index (χ2v) is 8.35. The highest BCUT2D eigenvalue weighted by Gasteiger charge is 2.12. The lowest BCUT2D eigenvalue weighted by molar-refractivity contribution is -0.116. The van der Waals surface area contributed by atoms with Gasteiger partial charge in [0.1, 0.15) is 11.6 Å². The Kier molecular flexibility index (Phi) is 9.47. The molecule has 0 saturated carbocycles. The molecule has 0 aliphatic heterocycles. The summed E-state index contributed by atoms with van der Waals surface area (Å²) in [6.07, 6.45) is 4.30. The molecule has 0 fully saturated rings. The van der Waals surface area contributed by atoms with Gasteiger partial charge in [-0.05, 0) is 67.5 Å². The molecule has 0 atom stereocenters. The topological polar surface area (TPSA) is 75.6 Å². The van der Waals surface area contributed by atoms with E-state index >= 15 is 0 Å². The molecule has 0 bridgehead atoms. The molecule has 0 saturated heterocycles. The van der Waals surface area contributed by atoms with Crippen LogP contribution in [-0.4, -0.2) is 23.6 Å². The number of halogens is 2. The predicted molar refractivity (Wildman–Crippen MR) is 131 cm³/mol. The summed E-state index contributed by atoms with van der Waals surface area (Å²) in [6, 6.07) is 19.2. The standard InChI is InChI=1S/C27H27ClFNO4/c28-24-14-12-21(17-23(24)27(32)33)30-26(31)15-11-20-10-13-22(18-25(20)29)34-16-6-2-5-9-19-7-3-1-4-8-19/h1,3-4,7-8,10,12-14,17-18H,2,5-6,9,11,15-16H2,(H,30,31)(H,32,33). The number of amides is 1. The zero-order chi connectivity index (χ0) is 24.3. The van der Waals surface area contributed by atoms with E-state index in [-0.39, 0.29) is 29.3 Å². The summed E-state index contributed by atoms with van der Waals surface area (Å²) >= 11 is 5.83. The first-order valence-corrected chi connectivity index (χ1v) is 11.6. The Labute approximate surface area is 203 Å². The monoisotopic (exact) mass is 483 g/mol. The first kappa shape index (κ1) is 25.2. The Morgan fingerprint density at radius 1 is 0.941 bits per heavy atom. The Morgan fingerprint density at radius 3 is 2.47 bits per heavy atom. The van der Waals surface area contributed by atoms with Crippen LogP contribution in [0.5, 0.6) is 5.75 Å². The van der Waals surface area contributed by atoms with Crippen molar-refractivity contribution >= 4 is 29.2 Å². The van der Waals surface area contributed by atoms with Crippen LogP contribution in [0.4, 0.5) is 10.1 Å². The second-order valence-electron chi connectivity index (χ2n) is 7.95. The van der Waals surface area contributed by atoms with Gasteiger partial charge in [-0.2, -0.15) is 0 Å². The second kappa shape index (κ2) is 12.8. The average Bonchev–Trinajstić information content (AvgIpc) is 2.82. The number of carbonyl (C=O) groups excluding carboxylic acids is 1. The number of carboxylic acids is 1. The number of aromatic carboxylic acids is 1. The molecule has 0 aliphatic carbocycles. The number of benzene rings is 3. The van der Waals surface area contributed by atoms with E-state index in [0.29, 0.717) is 23.6 Å². The summed E-state index contributed by atoms with van der Waals surface area (Å²) in [7, 11) is 0. The molecule has 7 heteroatoms. The lowest BCUT2D eigenvalue weighted by atomic mass is 10.1. The van der Waals surface area contributed by atoms with Crippen molar-refractivity contribution in [2.75, 3.05) is 11.9 Å². The van der Waals surface area contributed by atoms with Crippen molar-refractivity contribution in [1.29, 1.82) is 0 Å². The number of nitrogens with one attached hydrogen (secondary N) is 1. The predicted octanol–water partition coefficient (Wildman–Crippen LogP) is 6.54. The normalized spacial score (nSPS) is 10.6. The van der Waals surface area contributed by atoms with Gasteiger partial charge < -0.3 is 15.2 Å². The highest BCUT2D eigenvalue weighted by Crippen LogP contribution is 2.22. The maximum absolute atomic E-state index is 14.4. The molecule has 0 heterocycles. The van der Waals surface area contributed by atoms with E-state index in [2.05, 4.69) is 17.4 Å². The smallest absolute Gasteiger partial charge is 0.337 e. The summed E-state index contributed by atoms with van der Waals surface area (Å²) in [6.45, 7) is 0.523. The summed E-state index contributed by atoms with van der Waals surface area (Å²) < 4.78 is 20.1. The molecule has 3 aromatic rings. The maximum Gasteiger partial charge on any atom is 0.337 e. The third-order valence-electron chi connectivity index (χ3n) is 5.35. The Hall–Kier alpha value is -3.38. The zero-order valence-corrected chi connectivity index (χ0v) is 19.5. The van der Waals surface area contributed by atoms with Crippen molar-refractivity contribution in [2.24, 2.45) is 0 Å². The van der Waals surface area contributed by atoms with E-state index in [1.165, 1.54) is 29.8 Å². The molecule has 0 aromatic heterocycles. The van der Waals surface area contributed by atoms with Crippen LogP contribution >= 0.6 is 11.6 Å². The number of unbranched alkanes of at least 4 members (excludes halogenated alkanes) is 2. The van der Waals surface area contributed by atoms with Crippen LogP contribution in [0, 0.1) is 5.82 Å². The summed E-state index contributed by atoms with van der Waals surface area (Å²) in [5.74, 6) is -1.49. The number of anilines is 1. The van der Waals surface area contributed by atoms with Crippen molar-refractivity contribution in [3.8, 4) is 5.75 Å². The van der Waals surface area contributed by atoms with Gasteiger partial charge >= 0.3 is 5.97 Å². The van der Waals surface area contributed by atoms with E-state index < -0.39 is 11.8 Å². The number of rotatable bonds is 12. The van der Waals surface area contributed by atoms with Crippen molar-refractivity contribution in [3.63, 3.8) is 0 Å². The van der Waals surface area contributed by atoms with Crippen LogP contribution in [-0.2, 0) is 17.6 Å². The van der Waals surface area contributed by atoms with Gasteiger partial charge in [-0.1, -0.05) is 48.0 Å². The van der Waals surface area contributed by atoms with E-state index in [1.54, 1.807) is 12.1 Å². The largest absolute Gasteiger partial charge is 0.493 e. The Morgan fingerprint density at radius 2 is 1.74 bits per heavy atom. The highest BCUT2D eigenvalue weighted by molar-refractivity contribution is 6.33. The number of carboxylic acid groups (broad SMARTS) is 1. The van der Waals surface area contributed by atoms with Crippen molar-refractivity contribution in [1.82, 2.24) is 0 Å². The fourth-order valence-electron chi connectivity index (χ4n) is 3.50. The van der Waals surface area contributed by atoms with E-state index in [1.807, 2.05) is 18.2 Å². The Bertz CT molecular complexity index is 1120. The summed E-state index contributed by atoms with van der Waals surface area (Å²) in [5.41, 5.74) is 1.96. The van der Waals surface area contributed by atoms with Gasteiger partial charge in [-0.3, -0.25) is 4.79 Å². The number of ether oxygens (including phenoxy) is 1. The van der Waals surface area contributed by atoms with E-state index in [0.717, 1.165) is 25.7 Å². The minimum atomic E-state index is -1.18. The van der Waals surface area contributed by atoms with Gasteiger partial charge in [0, 0.05) is 18.2 Å². The zero-order valence-electron chi connectivity index (χ0n) is 18.7. The molecular weight excluding hydrogens is 457 g/mol. The van der Waals surface area contributed by atoms with Crippen LogP contribution in [0.2, 0.25) is 5.02 Å². The van der Waals surface area contributed by atoms with E-state index in [4.69, 9.17) is 21.4 Å². The highest BCUT2D eigenvalue weighted by atomic mass is 35.5. The summed E-state index contributed by atoms with van der Waals surface area (Å²) in [5, 5.41) is 11.8. The van der Waals surface area contributed by atoms with Gasteiger partial charge in [0.25, 0.3) is 0 Å². The fraction of sp³-hybridized carbons (Fsp3) is 0.259. The fourth-order valence-corrected chi connectivity index (χ4v) is 3.70. The number of aryl methyl sites for hydroxylation is 2. The van der Waals surface area contributed by atoms with Gasteiger partial charge in [0.2, 0.25) is 5.91 Å². The first-order valence-electron chi connectivity index (χ1n) is 11.2. The lowest BCUT2D eigenvalue weighted by Gasteiger charge is -2.10. The van der Waals surface area contributed by atoms with Crippen LogP contribution < -0.4 is 10.1 Å². The third kappa shape index (κ3) is 7.89. The van der Waals surface area contributed by atoms with Crippen LogP contribution in [0.1, 0.15) is 47.2 Å². The van der Waals surface area contributed by atoms with Gasteiger partial charge in [0.05, 0.1) is 17.2 Å². The molecule has 178 valence electrons. The molecule has 2 N–H and O–H groups in total. The van der Waals surface area contributed by atoms with Gasteiger partial charge in [0.15, 0.2) is 0 Å². The first-order chi connectivity index (χ1) is 16.4. The minimum absolute atomic E-state index is 0.0452. The maximum atomic E-state index is 14.4. The minimum Gasteiger partial charge on any atom is -0.493 e. The SMILES string of the molecule is O=C(CCc1ccc(OCCCCCc2ccccc2)cc1F)Nc1ccc(Cl)c(C(=O)O)c1. The molecule has 3 aromatic carbocycles. The van der Waals surface area contributed by atoms with Crippen molar-refractivity contribution in [2.45, 2.75) is 38.5 Å². The van der Waals surface area contributed by atoms with Crippen LogP contribution in [0.15, 0.2) is 66.7 Å². The molecule has 1 amide bonds. The van der Waals surface area contributed by atoms with Crippen molar-refractivity contribution < 1.29 is 23.8 Å². The molecule has 5 nitrogen and oxygen atoms in total. The quantitative estimate of drug-likeness (QED) is 0.287. The molecule has 0 aliphatic rings. The molecular formula is C27H27ClFNO4. The molecule has 34 heavy (non-hydrogen) atoms.